The van der Waals surface area contributed by atoms with Gasteiger partial charge in [-0.2, -0.15) is 4.31 Å². The largest absolute Gasteiger partial charge is 0.324 e. The highest BCUT2D eigenvalue weighted by molar-refractivity contribution is 7.89. The zero-order valence-corrected chi connectivity index (χ0v) is 11.3. The minimum atomic E-state index is -3.80. The highest BCUT2D eigenvalue weighted by Crippen LogP contribution is 2.23. The number of hydrogen-bond acceptors (Lipinski definition) is 5. The number of rotatable bonds is 3. The molecule has 1 heterocycles. The standard InChI is InChI=1S/C11H14FN3O4S/c12-10-5-6-14(7-11(10)13)20(18,19)9-3-1-8(2-4-9)15(16)17/h1-4,10-11H,5-7,13H2/t10-,11-/m1/s1. The highest BCUT2D eigenvalue weighted by Gasteiger charge is 2.33. The van der Waals surface area contributed by atoms with E-state index in [1.165, 1.54) is 12.1 Å². The quantitative estimate of drug-likeness (QED) is 0.652. The third-order valence-electron chi connectivity index (χ3n) is 3.22. The van der Waals surface area contributed by atoms with Crippen LogP contribution in [-0.2, 0) is 10.0 Å². The number of alkyl halides is 1. The molecule has 7 nitrogen and oxygen atoms in total. The Morgan fingerprint density at radius 2 is 1.95 bits per heavy atom. The number of non-ortho nitro benzene ring substituents is 1. The number of nitrogens with zero attached hydrogens (tertiary/aromatic N) is 2. The van der Waals surface area contributed by atoms with Crippen LogP contribution in [0.15, 0.2) is 29.2 Å². The summed E-state index contributed by atoms with van der Waals surface area (Å²) in [6.07, 6.45) is -1.16. The average molecular weight is 303 g/mol. The molecule has 2 atom stereocenters. The van der Waals surface area contributed by atoms with Gasteiger partial charge in [0.15, 0.2) is 0 Å². The van der Waals surface area contributed by atoms with Gasteiger partial charge in [0.05, 0.1) is 9.82 Å². The third-order valence-corrected chi connectivity index (χ3v) is 5.10. The zero-order chi connectivity index (χ0) is 14.9. The molecule has 0 bridgehead atoms. The van der Waals surface area contributed by atoms with Gasteiger partial charge in [-0.15, -0.1) is 0 Å². The molecule has 1 fully saturated rings. The summed E-state index contributed by atoms with van der Waals surface area (Å²) < 4.78 is 39.0. The van der Waals surface area contributed by atoms with Crippen molar-refractivity contribution >= 4 is 15.7 Å². The Hall–Kier alpha value is -1.58. The Balaban J connectivity index is 2.24. The predicted molar refractivity (Wildman–Crippen MR) is 69.3 cm³/mol. The maximum Gasteiger partial charge on any atom is 0.269 e. The van der Waals surface area contributed by atoms with Gasteiger partial charge in [-0.1, -0.05) is 0 Å². The number of hydrogen-bond donors (Lipinski definition) is 1. The summed E-state index contributed by atoms with van der Waals surface area (Å²) in [6.45, 7) is -0.0469. The first-order valence-corrected chi connectivity index (χ1v) is 7.40. The molecule has 0 aliphatic carbocycles. The van der Waals surface area contributed by atoms with Gasteiger partial charge in [0.1, 0.15) is 6.17 Å². The number of benzene rings is 1. The van der Waals surface area contributed by atoms with E-state index in [4.69, 9.17) is 5.73 Å². The summed E-state index contributed by atoms with van der Waals surface area (Å²) >= 11 is 0. The van der Waals surface area contributed by atoms with Crippen molar-refractivity contribution in [3.05, 3.63) is 34.4 Å². The number of sulfonamides is 1. The molecule has 20 heavy (non-hydrogen) atoms. The number of nitro benzene ring substituents is 1. The molecule has 0 unspecified atom stereocenters. The molecule has 0 amide bonds. The van der Waals surface area contributed by atoms with Crippen molar-refractivity contribution in [3.8, 4) is 0 Å². The van der Waals surface area contributed by atoms with Crippen molar-refractivity contribution in [1.82, 2.24) is 4.31 Å². The molecular formula is C11H14FN3O4S. The van der Waals surface area contributed by atoms with E-state index in [-0.39, 0.29) is 30.1 Å². The number of nitrogens with two attached hydrogens (primary N) is 1. The van der Waals surface area contributed by atoms with Crippen LogP contribution in [0.3, 0.4) is 0 Å². The van der Waals surface area contributed by atoms with Gasteiger partial charge < -0.3 is 5.73 Å². The van der Waals surface area contributed by atoms with E-state index in [2.05, 4.69) is 0 Å². The fourth-order valence-corrected chi connectivity index (χ4v) is 3.52. The second-order valence-electron chi connectivity index (χ2n) is 4.58. The molecule has 9 heteroatoms. The maximum absolute atomic E-state index is 13.3. The van der Waals surface area contributed by atoms with E-state index in [0.29, 0.717) is 0 Å². The van der Waals surface area contributed by atoms with Crippen LogP contribution in [0.1, 0.15) is 6.42 Å². The number of piperidine rings is 1. The van der Waals surface area contributed by atoms with Crippen molar-refractivity contribution in [3.63, 3.8) is 0 Å². The molecule has 0 spiro atoms. The zero-order valence-electron chi connectivity index (χ0n) is 10.5. The van der Waals surface area contributed by atoms with Crippen LogP contribution in [0.2, 0.25) is 0 Å². The molecule has 0 saturated carbocycles. The normalized spacial score (nSPS) is 24.5. The molecule has 1 aromatic carbocycles. The van der Waals surface area contributed by atoms with Gasteiger partial charge in [0, 0.05) is 31.3 Å². The monoisotopic (exact) mass is 303 g/mol. The fourth-order valence-electron chi connectivity index (χ4n) is 2.03. The van der Waals surface area contributed by atoms with Crippen molar-refractivity contribution in [2.45, 2.75) is 23.5 Å². The van der Waals surface area contributed by atoms with Crippen molar-refractivity contribution in [2.24, 2.45) is 5.73 Å². The molecule has 0 aromatic heterocycles. The number of nitro groups is 1. The van der Waals surface area contributed by atoms with E-state index in [1.807, 2.05) is 0 Å². The van der Waals surface area contributed by atoms with Crippen LogP contribution in [0.25, 0.3) is 0 Å². The smallest absolute Gasteiger partial charge is 0.269 e. The van der Waals surface area contributed by atoms with E-state index < -0.39 is 27.2 Å². The summed E-state index contributed by atoms with van der Waals surface area (Å²) in [5.41, 5.74) is 5.35. The molecule has 1 aliphatic rings. The highest BCUT2D eigenvalue weighted by atomic mass is 32.2. The molecule has 1 aromatic rings. The van der Waals surface area contributed by atoms with E-state index in [0.717, 1.165) is 16.4 Å². The van der Waals surface area contributed by atoms with Gasteiger partial charge in [0.2, 0.25) is 10.0 Å². The topological polar surface area (TPSA) is 107 Å². The van der Waals surface area contributed by atoms with Crippen LogP contribution in [0.4, 0.5) is 10.1 Å². The van der Waals surface area contributed by atoms with Gasteiger partial charge in [-0.05, 0) is 18.6 Å². The molecule has 2 N–H and O–H groups in total. The molecule has 1 saturated heterocycles. The lowest BCUT2D eigenvalue weighted by Crippen LogP contribution is -2.51. The average Bonchev–Trinajstić information content (AvgIpc) is 2.41. The maximum atomic E-state index is 13.3. The summed E-state index contributed by atoms with van der Waals surface area (Å²) in [4.78, 5) is 9.86. The Morgan fingerprint density at radius 3 is 2.45 bits per heavy atom. The van der Waals surface area contributed by atoms with E-state index in [1.54, 1.807) is 0 Å². The lowest BCUT2D eigenvalue weighted by molar-refractivity contribution is -0.384. The Labute approximate surface area is 115 Å². The van der Waals surface area contributed by atoms with Crippen molar-refractivity contribution < 1.29 is 17.7 Å². The van der Waals surface area contributed by atoms with Crippen LogP contribution in [0.5, 0.6) is 0 Å². The van der Waals surface area contributed by atoms with Crippen molar-refractivity contribution in [2.75, 3.05) is 13.1 Å². The van der Waals surface area contributed by atoms with Crippen LogP contribution in [0, 0.1) is 10.1 Å². The van der Waals surface area contributed by atoms with E-state index in [9.17, 15) is 22.9 Å². The first kappa shape index (κ1) is 14.8. The predicted octanol–water partition coefficient (Wildman–Crippen LogP) is 0.655. The second-order valence-corrected chi connectivity index (χ2v) is 6.52. The van der Waals surface area contributed by atoms with Gasteiger partial charge >= 0.3 is 0 Å². The Kier molecular flexibility index (Phi) is 4.02. The third kappa shape index (κ3) is 2.79. The lowest BCUT2D eigenvalue weighted by Gasteiger charge is -2.32. The fraction of sp³-hybridized carbons (Fsp3) is 0.455. The van der Waals surface area contributed by atoms with Crippen LogP contribution in [-0.4, -0.2) is 42.9 Å². The van der Waals surface area contributed by atoms with Crippen LogP contribution >= 0.6 is 0 Å². The first-order valence-electron chi connectivity index (χ1n) is 5.96. The minimum Gasteiger partial charge on any atom is -0.324 e. The van der Waals surface area contributed by atoms with Gasteiger partial charge in [-0.3, -0.25) is 10.1 Å². The molecule has 110 valence electrons. The van der Waals surface area contributed by atoms with Crippen LogP contribution < -0.4 is 5.73 Å². The summed E-state index contributed by atoms with van der Waals surface area (Å²) in [6, 6.07) is 3.72. The van der Waals surface area contributed by atoms with Crippen molar-refractivity contribution in [1.29, 1.82) is 0 Å². The summed E-state index contributed by atoms with van der Waals surface area (Å²) in [5, 5.41) is 10.5. The number of halogens is 1. The van der Waals surface area contributed by atoms with Gasteiger partial charge in [0.25, 0.3) is 5.69 Å². The molecular weight excluding hydrogens is 289 g/mol. The lowest BCUT2D eigenvalue weighted by atomic mass is 10.1. The molecule has 2 rings (SSSR count). The second kappa shape index (κ2) is 5.43. The van der Waals surface area contributed by atoms with E-state index >= 15 is 0 Å². The minimum absolute atomic E-state index is 0.0490. The SMILES string of the molecule is N[C@@H]1CN(S(=O)(=O)c2ccc([N+](=O)[O-])cc2)CC[C@H]1F. The summed E-state index contributed by atoms with van der Waals surface area (Å²) in [7, 11) is -3.80. The summed E-state index contributed by atoms with van der Waals surface area (Å²) in [5.74, 6) is 0. The Morgan fingerprint density at radius 1 is 1.35 bits per heavy atom. The van der Waals surface area contributed by atoms with Gasteiger partial charge in [-0.25, -0.2) is 12.8 Å². The molecule has 0 radical (unpaired) electrons. The molecule has 1 aliphatic heterocycles. The first-order chi connectivity index (χ1) is 9.32. The Bertz CT molecular complexity index is 605.